The van der Waals surface area contributed by atoms with Gasteiger partial charge in [-0.2, -0.15) is 0 Å². The second-order valence-electron chi connectivity index (χ2n) is 7.14. The van der Waals surface area contributed by atoms with Crippen LogP contribution in [0.5, 0.6) is 0 Å². The van der Waals surface area contributed by atoms with Crippen LogP contribution in [-0.2, 0) is 0 Å². The van der Waals surface area contributed by atoms with Crippen LogP contribution in [0.25, 0.3) is 0 Å². The SMILES string of the molecule is Cc1ccc(C(=O)N(C)C[C@@H]2CC(F)(F)CN2C2CN(C)C2)cn1. The summed E-state index contributed by atoms with van der Waals surface area (Å²) in [5, 5.41) is 0. The number of aryl methyl sites for hydroxylation is 1. The van der Waals surface area contributed by atoms with E-state index in [2.05, 4.69) is 9.88 Å². The Balaban J connectivity index is 1.66. The van der Waals surface area contributed by atoms with Gasteiger partial charge in [0.05, 0.1) is 12.1 Å². The maximum Gasteiger partial charge on any atom is 0.262 e. The van der Waals surface area contributed by atoms with Crippen LogP contribution >= 0.6 is 0 Å². The van der Waals surface area contributed by atoms with Gasteiger partial charge in [0.15, 0.2) is 0 Å². The molecule has 3 rings (SSSR count). The van der Waals surface area contributed by atoms with Gasteiger partial charge in [-0.25, -0.2) is 8.78 Å². The molecule has 1 aromatic heterocycles. The van der Waals surface area contributed by atoms with Crippen LogP contribution < -0.4 is 0 Å². The lowest BCUT2D eigenvalue weighted by molar-refractivity contribution is -0.00983. The number of likely N-dealkylation sites (N-methyl/N-ethyl adjacent to an activating group) is 2. The molecule has 2 fully saturated rings. The van der Waals surface area contributed by atoms with Crippen LogP contribution in [0, 0.1) is 6.92 Å². The Kier molecular flexibility index (Phi) is 4.57. The first-order valence-electron chi connectivity index (χ1n) is 8.25. The molecule has 0 saturated carbocycles. The zero-order valence-corrected chi connectivity index (χ0v) is 14.4. The van der Waals surface area contributed by atoms with Crippen LogP contribution in [0.15, 0.2) is 18.3 Å². The fraction of sp³-hybridized carbons (Fsp3) is 0.647. The first kappa shape index (κ1) is 17.2. The highest BCUT2D eigenvalue weighted by atomic mass is 19.3. The van der Waals surface area contributed by atoms with Crippen molar-refractivity contribution >= 4 is 5.91 Å². The van der Waals surface area contributed by atoms with E-state index >= 15 is 0 Å². The highest BCUT2D eigenvalue weighted by Gasteiger charge is 2.49. The summed E-state index contributed by atoms with van der Waals surface area (Å²) in [5.41, 5.74) is 1.33. The molecule has 0 radical (unpaired) electrons. The number of hydrogen-bond acceptors (Lipinski definition) is 4. The van der Waals surface area contributed by atoms with Crippen molar-refractivity contribution < 1.29 is 13.6 Å². The lowest BCUT2D eigenvalue weighted by Gasteiger charge is -2.44. The Labute approximate surface area is 141 Å². The first-order valence-corrected chi connectivity index (χ1v) is 8.25. The van der Waals surface area contributed by atoms with E-state index in [4.69, 9.17) is 0 Å². The summed E-state index contributed by atoms with van der Waals surface area (Å²) in [6.45, 7) is 3.58. The van der Waals surface area contributed by atoms with E-state index in [1.807, 2.05) is 18.9 Å². The maximum atomic E-state index is 13.9. The third-order valence-corrected chi connectivity index (χ3v) is 4.92. The van der Waals surface area contributed by atoms with Crippen molar-refractivity contribution in [3.8, 4) is 0 Å². The molecule has 0 bridgehead atoms. The predicted molar refractivity (Wildman–Crippen MR) is 87.3 cm³/mol. The van der Waals surface area contributed by atoms with E-state index in [0.29, 0.717) is 12.1 Å². The second-order valence-corrected chi connectivity index (χ2v) is 7.14. The number of aromatic nitrogens is 1. The Morgan fingerprint density at radius 3 is 2.71 bits per heavy atom. The van der Waals surface area contributed by atoms with Crippen molar-refractivity contribution in [3.63, 3.8) is 0 Å². The molecule has 0 aromatic carbocycles. The lowest BCUT2D eigenvalue weighted by atomic mass is 10.1. The quantitative estimate of drug-likeness (QED) is 0.834. The number of carbonyl (C=O) groups is 1. The van der Waals surface area contributed by atoms with Crippen LogP contribution in [-0.4, -0.2) is 83.9 Å². The zero-order valence-electron chi connectivity index (χ0n) is 14.4. The third kappa shape index (κ3) is 3.57. The minimum atomic E-state index is -2.67. The number of likely N-dealkylation sites (tertiary alicyclic amines) is 2. The molecule has 24 heavy (non-hydrogen) atoms. The molecule has 2 aliphatic heterocycles. The van der Waals surface area contributed by atoms with Crippen molar-refractivity contribution in [1.82, 2.24) is 19.7 Å². The average molecular weight is 338 g/mol. The molecule has 1 amide bonds. The molecule has 7 heteroatoms. The molecule has 0 spiro atoms. The Morgan fingerprint density at radius 2 is 2.12 bits per heavy atom. The van der Waals surface area contributed by atoms with Gasteiger partial charge in [0, 0.05) is 57.1 Å². The van der Waals surface area contributed by atoms with Crippen LogP contribution in [0.2, 0.25) is 0 Å². The third-order valence-electron chi connectivity index (χ3n) is 4.92. The lowest BCUT2D eigenvalue weighted by Crippen LogP contribution is -2.60. The average Bonchev–Trinajstić information content (AvgIpc) is 2.78. The maximum absolute atomic E-state index is 13.9. The molecule has 0 unspecified atom stereocenters. The molecule has 3 heterocycles. The minimum Gasteiger partial charge on any atom is -0.340 e. The van der Waals surface area contributed by atoms with Gasteiger partial charge in [0.25, 0.3) is 11.8 Å². The molecule has 1 aromatic rings. The standard InChI is InChI=1S/C17H24F2N4O/c1-12-4-5-13(7-20-12)16(24)22(3)10-14-6-17(18,19)11-23(14)15-8-21(2)9-15/h4-5,7,14-15H,6,8-11H2,1-3H3/t14-/m0/s1. The van der Waals surface area contributed by atoms with Gasteiger partial charge in [-0.3, -0.25) is 14.7 Å². The van der Waals surface area contributed by atoms with E-state index in [0.717, 1.165) is 18.8 Å². The highest BCUT2D eigenvalue weighted by Crippen LogP contribution is 2.35. The molecule has 0 aliphatic carbocycles. The Bertz CT molecular complexity index is 601. The summed E-state index contributed by atoms with van der Waals surface area (Å²) < 4.78 is 27.8. The smallest absolute Gasteiger partial charge is 0.262 e. The second kappa shape index (κ2) is 6.37. The van der Waals surface area contributed by atoms with Crippen molar-refractivity contribution in [2.75, 3.05) is 40.3 Å². The molecule has 0 N–H and O–H groups in total. The summed E-state index contributed by atoms with van der Waals surface area (Å²) in [5.74, 6) is -2.85. The summed E-state index contributed by atoms with van der Waals surface area (Å²) in [4.78, 5) is 22.2. The van der Waals surface area contributed by atoms with Gasteiger partial charge in [-0.1, -0.05) is 0 Å². The summed E-state index contributed by atoms with van der Waals surface area (Å²) in [6, 6.07) is 3.37. The first-order chi connectivity index (χ1) is 11.2. The fourth-order valence-electron chi connectivity index (χ4n) is 3.61. The number of pyridine rings is 1. The topological polar surface area (TPSA) is 39.7 Å². The number of carbonyl (C=O) groups excluding carboxylic acids is 1. The number of alkyl halides is 2. The van der Waals surface area contributed by atoms with Gasteiger partial charge in [0.1, 0.15) is 0 Å². The van der Waals surface area contributed by atoms with Crippen LogP contribution in [0.3, 0.4) is 0 Å². The molecular formula is C17H24F2N4O. The molecule has 2 saturated heterocycles. The van der Waals surface area contributed by atoms with Gasteiger partial charge >= 0.3 is 0 Å². The molecule has 2 aliphatic rings. The van der Waals surface area contributed by atoms with Gasteiger partial charge in [-0.15, -0.1) is 0 Å². The highest BCUT2D eigenvalue weighted by molar-refractivity contribution is 5.93. The van der Waals surface area contributed by atoms with Gasteiger partial charge in [0.2, 0.25) is 0 Å². The van der Waals surface area contributed by atoms with E-state index in [1.165, 1.54) is 11.1 Å². The number of amides is 1. The number of rotatable bonds is 4. The minimum absolute atomic E-state index is 0.165. The zero-order chi connectivity index (χ0) is 17.5. The number of halogens is 2. The van der Waals surface area contributed by atoms with Crippen molar-refractivity contribution in [2.45, 2.75) is 31.4 Å². The number of hydrogen-bond donors (Lipinski definition) is 0. The summed E-state index contributed by atoms with van der Waals surface area (Å²) >= 11 is 0. The van der Waals surface area contributed by atoms with Crippen LogP contribution in [0.4, 0.5) is 8.78 Å². The van der Waals surface area contributed by atoms with E-state index < -0.39 is 5.92 Å². The number of nitrogens with zero attached hydrogens (tertiary/aromatic N) is 4. The summed E-state index contributed by atoms with van der Waals surface area (Å²) in [6.07, 6.45) is 1.35. The normalized spacial score (nSPS) is 24.8. The van der Waals surface area contributed by atoms with E-state index in [9.17, 15) is 13.6 Å². The largest absolute Gasteiger partial charge is 0.340 e. The van der Waals surface area contributed by atoms with Gasteiger partial charge in [-0.05, 0) is 26.1 Å². The molecule has 132 valence electrons. The van der Waals surface area contributed by atoms with Crippen molar-refractivity contribution in [2.24, 2.45) is 0 Å². The van der Waals surface area contributed by atoms with Crippen molar-refractivity contribution in [1.29, 1.82) is 0 Å². The Morgan fingerprint density at radius 1 is 1.42 bits per heavy atom. The fourth-order valence-corrected chi connectivity index (χ4v) is 3.61. The van der Waals surface area contributed by atoms with Gasteiger partial charge < -0.3 is 9.80 Å². The van der Waals surface area contributed by atoms with Crippen LogP contribution in [0.1, 0.15) is 22.5 Å². The Hall–Kier alpha value is -1.60. The summed E-state index contributed by atoms with van der Waals surface area (Å²) in [7, 11) is 3.66. The van der Waals surface area contributed by atoms with E-state index in [1.54, 1.807) is 19.2 Å². The predicted octanol–water partition coefficient (Wildman–Crippen LogP) is 1.49. The molecule has 1 atom stereocenters. The molecule has 5 nitrogen and oxygen atoms in total. The molecular weight excluding hydrogens is 314 g/mol. The monoisotopic (exact) mass is 338 g/mol. The van der Waals surface area contributed by atoms with Crippen molar-refractivity contribution in [3.05, 3.63) is 29.6 Å². The van der Waals surface area contributed by atoms with E-state index in [-0.39, 0.29) is 31.0 Å².